The van der Waals surface area contributed by atoms with Gasteiger partial charge in [-0.25, -0.2) is 0 Å². The largest absolute Gasteiger partial charge is 0.385 e. The van der Waals surface area contributed by atoms with Crippen molar-refractivity contribution in [3.8, 4) is 0 Å². The summed E-state index contributed by atoms with van der Waals surface area (Å²) in [7, 11) is 1.78. The molecule has 23 heavy (non-hydrogen) atoms. The van der Waals surface area contributed by atoms with E-state index >= 15 is 0 Å². The summed E-state index contributed by atoms with van der Waals surface area (Å²) in [5.41, 5.74) is 2.97. The second-order valence-electron chi connectivity index (χ2n) is 7.14. The van der Waals surface area contributed by atoms with Crippen molar-refractivity contribution in [3.05, 3.63) is 71.8 Å². The second kappa shape index (κ2) is 7.79. The molecule has 0 heterocycles. The maximum Gasteiger partial charge on any atom is 0.0462 e. The molecule has 0 aromatic heterocycles. The normalized spacial score (nSPS) is 14.4. The lowest BCUT2D eigenvalue weighted by atomic mass is 9.58. The topological polar surface area (TPSA) is 9.23 Å². The Bertz CT molecular complexity index is 573. The molecule has 0 N–H and O–H groups in total. The van der Waals surface area contributed by atoms with E-state index in [2.05, 4.69) is 81.4 Å². The third kappa shape index (κ3) is 3.84. The maximum atomic E-state index is 5.23. The Morgan fingerprint density at radius 3 is 1.78 bits per heavy atom. The van der Waals surface area contributed by atoms with Gasteiger partial charge >= 0.3 is 0 Å². The van der Waals surface area contributed by atoms with E-state index in [-0.39, 0.29) is 10.8 Å². The number of methoxy groups -OCH3 is 1. The van der Waals surface area contributed by atoms with Gasteiger partial charge in [0.15, 0.2) is 0 Å². The highest BCUT2D eigenvalue weighted by molar-refractivity contribution is 5.36. The molecule has 2 aromatic carbocycles. The quantitative estimate of drug-likeness (QED) is 0.565. The fourth-order valence-electron chi connectivity index (χ4n) is 3.52. The van der Waals surface area contributed by atoms with Crippen molar-refractivity contribution in [2.24, 2.45) is 0 Å². The monoisotopic (exact) mass is 310 g/mol. The number of rotatable bonds is 8. The van der Waals surface area contributed by atoms with Gasteiger partial charge in [0.1, 0.15) is 0 Å². The molecule has 2 aromatic rings. The fourth-order valence-corrected chi connectivity index (χ4v) is 3.52. The molecule has 0 aliphatic carbocycles. The van der Waals surface area contributed by atoms with E-state index in [0.29, 0.717) is 0 Å². The Hall–Kier alpha value is -1.60. The molecule has 0 aliphatic rings. The molecule has 0 fully saturated rings. The third-order valence-electron chi connectivity index (χ3n) is 5.56. The van der Waals surface area contributed by atoms with Gasteiger partial charge in [0.05, 0.1) is 0 Å². The third-order valence-corrected chi connectivity index (χ3v) is 5.56. The average Bonchev–Trinajstić information content (AvgIpc) is 2.60. The van der Waals surface area contributed by atoms with Crippen LogP contribution in [0.5, 0.6) is 0 Å². The first-order valence-electron chi connectivity index (χ1n) is 8.62. The first-order valence-corrected chi connectivity index (χ1v) is 8.62. The van der Waals surface area contributed by atoms with Gasteiger partial charge in [-0.2, -0.15) is 0 Å². The van der Waals surface area contributed by atoms with E-state index in [0.717, 1.165) is 19.4 Å². The number of ether oxygens (including phenoxy) is 1. The summed E-state index contributed by atoms with van der Waals surface area (Å²) in [6.45, 7) is 8.02. The van der Waals surface area contributed by atoms with Crippen molar-refractivity contribution in [3.63, 3.8) is 0 Å². The minimum atomic E-state index is 0.0582. The summed E-state index contributed by atoms with van der Waals surface area (Å²) >= 11 is 0. The van der Waals surface area contributed by atoms with Gasteiger partial charge in [-0.05, 0) is 29.4 Å². The molecule has 124 valence electrons. The Balaban J connectivity index is 2.36. The maximum absolute atomic E-state index is 5.23. The van der Waals surface area contributed by atoms with E-state index in [1.165, 1.54) is 17.5 Å². The van der Waals surface area contributed by atoms with E-state index in [4.69, 9.17) is 4.74 Å². The van der Waals surface area contributed by atoms with Gasteiger partial charge in [0.2, 0.25) is 0 Å². The summed E-state index contributed by atoms with van der Waals surface area (Å²) in [4.78, 5) is 0. The standard InChI is InChI=1S/C22H30O/c1-21(2,19-13-7-5-8-14-19)22(3,17-11-12-18-23-4)20-15-9-6-10-16-20/h5-10,13-16H,11-12,17-18H2,1-4H3. The van der Waals surface area contributed by atoms with Crippen LogP contribution in [0.15, 0.2) is 60.7 Å². The van der Waals surface area contributed by atoms with Crippen LogP contribution in [0.3, 0.4) is 0 Å². The van der Waals surface area contributed by atoms with E-state index in [9.17, 15) is 0 Å². The SMILES string of the molecule is COCCCCC(C)(c1ccccc1)C(C)(C)c1ccccc1. The van der Waals surface area contributed by atoms with Crippen molar-refractivity contribution in [1.82, 2.24) is 0 Å². The summed E-state index contributed by atoms with van der Waals surface area (Å²) in [5, 5.41) is 0. The molecular formula is C22H30O. The molecule has 0 spiro atoms. The van der Waals surface area contributed by atoms with Gasteiger partial charge in [0.25, 0.3) is 0 Å². The van der Waals surface area contributed by atoms with E-state index < -0.39 is 0 Å². The Kier molecular flexibility index (Phi) is 6.01. The predicted octanol–water partition coefficient (Wildman–Crippen LogP) is 5.74. The van der Waals surface area contributed by atoms with Crippen LogP contribution in [0.4, 0.5) is 0 Å². The van der Waals surface area contributed by atoms with Gasteiger partial charge in [-0.1, -0.05) is 87.9 Å². The summed E-state index contributed by atoms with van der Waals surface area (Å²) in [5.74, 6) is 0. The highest BCUT2D eigenvalue weighted by Gasteiger charge is 2.42. The molecule has 2 rings (SSSR count). The van der Waals surface area contributed by atoms with Crippen LogP contribution >= 0.6 is 0 Å². The molecule has 0 amide bonds. The summed E-state index contributed by atoms with van der Waals surface area (Å²) in [6, 6.07) is 21.9. The minimum absolute atomic E-state index is 0.0582. The van der Waals surface area contributed by atoms with Gasteiger partial charge in [-0.15, -0.1) is 0 Å². The molecule has 0 radical (unpaired) electrons. The smallest absolute Gasteiger partial charge is 0.0462 e. The van der Waals surface area contributed by atoms with Crippen LogP contribution in [-0.4, -0.2) is 13.7 Å². The first kappa shape index (κ1) is 17.7. The molecule has 1 heteroatoms. The molecule has 0 aliphatic heterocycles. The molecule has 1 unspecified atom stereocenters. The van der Waals surface area contributed by atoms with Crippen LogP contribution in [-0.2, 0) is 15.6 Å². The van der Waals surface area contributed by atoms with Crippen LogP contribution in [0.2, 0.25) is 0 Å². The highest BCUT2D eigenvalue weighted by Crippen LogP contribution is 2.47. The number of hydrogen-bond donors (Lipinski definition) is 0. The second-order valence-corrected chi connectivity index (χ2v) is 7.14. The van der Waals surface area contributed by atoms with Crippen molar-refractivity contribution < 1.29 is 4.74 Å². The highest BCUT2D eigenvalue weighted by atomic mass is 16.5. The van der Waals surface area contributed by atoms with Gasteiger partial charge in [-0.3, -0.25) is 0 Å². The van der Waals surface area contributed by atoms with Crippen molar-refractivity contribution in [2.75, 3.05) is 13.7 Å². The van der Waals surface area contributed by atoms with Crippen LogP contribution < -0.4 is 0 Å². The molecule has 0 saturated carbocycles. The Labute approximate surface area is 141 Å². The molecular weight excluding hydrogens is 280 g/mol. The van der Waals surface area contributed by atoms with Gasteiger partial charge in [0, 0.05) is 19.1 Å². The zero-order chi connectivity index (χ0) is 16.8. The van der Waals surface area contributed by atoms with Crippen LogP contribution in [0, 0.1) is 0 Å². The molecule has 0 bridgehead atoms. The molecule has 1 atom stereocenters. The first-order chi connectivity index (χ1) is 11.0. The zero-order valence-electron chi connectivity index (χ0n) is 15.0. The van der Waals surface area contributed by atoms with Gasteiger partial charge < -0.3 is 4.74 Å². The average molecular weight is 310 g/mol. The minimum Gasteiger partial charge on any atom is -0.385 e. The predicted molar refractivity (Wildman–Crippen MR) is 99.0 cm³/mol. The van der Waals surface area contributed by atoms with Crippen LogP contribution in [0.25, 0.3) is 0 Å². The lowest BCUT2D eigenvalue weighted by molar-refractivity contribution is 0.181. The summed E-state index contributed by atoms with van der Waals surface area (Å²) in [6.07, 6.45) is 3.45. The van der Waals surface area contributed by atoms with Crippen molar-refractivity contribution >= 4 is 0 Å². The Morgan fingerprint density at radius 1 is 0.739 bits per heavy atom. The Morgan fingerprint density at radius 2 is 1.26 bits per heavy atom. The fraction of sp³-hybridized carbons (Fsp3) is 0.455. The van der Waals surface area contributed by atoms with Crippen molar-refractivity contribution in [1.29, 1.82) is 0 Å². The number of benzene rings is 2. The molecule has 0 saturated heterocycles. The lowest BCUT2D eigenvalue weighted by Crippen LogP contribution is -2.43. The van der Waals surface area contributed by atoms with E-state index in [1.807, 2.05) is 0 Å². The number of hydrogen-bond acceptors (Lipinski definition) is 1. The van der Waals surface area contributed by atoms with Crippen LogP contribution in [0.1, 0.15) is 51.2 Å². The number of unbranched alkanes of at least 4 members (excludes halogenated alkanes) is 1. The molecule has 1 nitrogen and oxygen atoms in total. The zero-order valence-corrected chi connectivity index (χ0v) is 15.0. The van der Waals surface area contributed by atoms with E-state index in [1.54, 1.807) is 7.11 Å². The lowest BCUT2D eigenvalue weighted by Gasteiger charge is -2.46. The van der Waals surface area contributed by atoms with Crippen molar-refractivity contribution in [2.45, 2.75) is 50.9 Å². The summed E-state index contributed by atoms with van der Waals surface area (Å²) < 4.78 is 5.23.